The number of hydrogen-bond donors (Lipinski definition) is 2. The Labute approximate surface area is 225 Å². The number of amides is 2. The van der Waals surface area contributed by atoms with Crippen molar-refractivity contribution in [2.24, 2.45) is 5.73 Å². The van der Waals surface area contributed by atoms with Gasteiger partial charge >= 0.3 is 18.0 Å². The molecule has 0 fully saturated rings. The Morgan fingerprint density at radius 3 is 2.15 bits per heavy atom. The molecule has 3 aromatic rings. The number of nitrogens with zero attached hydrogens (tertiary/aromatic N) is 2. The average molecular weight is 566 g/mol. The highest BCUT2D eigenvalue weighted by molar-refractivity contribution is 6.10. The molecule has 15 heteroatoms. The molecule has 0 aliphatic rings. The normalized spacial score (nSPS) is 10.6. The van der Waals surface area contributed by atoms with E-state index in [2.05, 4.69) is 10.2 Å². The first-order valence-electron chi connectivity index (χ1n) is 11.6. The Balaban J connectivity index is 2.15. The van der Waals surface area contributed by atoms with Crippen LogP contribution in [0.1, 0.15) is 40.3 Å². The van der Waals surface area contributed by atoms with Crippen molar-refractivity contribution in [3.8, 4) is 17.2 Å². The topological polar surface area (TPSA) is 155 Å². The molecule has 0 saturated heterocycles. The zero-order valence-electron chi connectivity index (χ0n) is 21.8. The number of aromatic amines is 1. The van der Waals surface area contributed by atoms with Gasteiger partial charge in [-0.05, 0) is 38.1 Å². The molecule has 0 aliphatic heterocycles. The number of benzene rings is 2. The summed E-state index contributed by atoms with van der Waals surface area (Å²) in [6.07, 6.45) is 0. The molecule has 3 N–H and O–H groups in total. The van der Waals surface area contributed by atoms with E-state index in [4.69, 9.17) is 29.4 Å². The number of nitrogens with two attached hydrogens (primary N) is 1. The van der Waals surface area contributed by atoms with E-state index >= 15 is 4.39 Å². The van der Waals surface area contributed by atoms with E-state index in [0.717, 1.165) is 18.2 Å². The number of urea groups is 1. The standard InChI is InChI=1S/C25H25F3N4O8/c1-5-38-23(33)17-20(24(34)39-6-2)30-31-22(17)32(25(29)35)14-8-10-16(37-4)21(19(14)28)40-11-12-15(36-3)9-7-13(26)18(12)27/h7-10H,5-6,11H2,1-4H3,(H2,29,35)(H,30,31). The molecule has 0 unspecified atom stereocenters. The van der Waals surface area contributed by atoms with Crippen LogP contribution in [0.15, 0.2) is 24.3 Å². The van der Waals surface area contributed by atoms with Gasteiger partial charge in [-0.1, -0.05) is 0 Å². The van der Waals surface area contributed by atoms with Crippen molar-refractivity contribution in [1.82, 2.24) is 10.2 Å². The lowest BCUT2D eigenvalue weighted by atomic mass is 10.1. The number of nitrogens with one attached hydrogen (secondary N) is 1. The summed E-state index contributed by atoms with van der Waals surface area (Å²) in [7, 11) is 2.41. The number of aromatic nitrogens is 2. The lowest BCUT2D eigenvalue weighted by molar-refractivity contribution is 0.0476. The lowest BCUT2D eigenvalue weighted by Gasteiger charge is -2.22. The Morgan fingerprint density at radius 1 is 0.925 bits per heavy atom. The SMILES string of the molecule is CCOC(=O)c1[nH]nc(N(C(N)=O)c2ccc(OC)c(OCc3c(OC)ccc(F)c3F)c2F)c1C(=O)OCC. The number of H-pyrrole nitrogens is 1. The van der Waals surface area contributed by atoms with Gasteiger partial charge in [0.1, 0.15) is 17.9 Å². The van der Waals surface area contributed by atoms with Crippen molar-refractivity contribution in [2.45, 2.75) is 20.5 Å². The molecular formula is C25H25F3N4O8. The minimum absolute atomic E-state index is 0.0561. The van der Waals surface area contributed by atoms with Gasteiger partial charge in [0.05, 0.1) is 38.7 Å². The van der Waals surface area contributed by atoms with Crippen molar-refractivity contribution in [3.05, 3.63) is 58.5 Å². The van der Waals surface area contributed by atoms with Gasteiger partial charge in [-0.25, -0.2) is 32.5 Å². The van der Waals surface area contributed by atoms with E-state index in [1.807, 2.05) is 0 Å². The van der Waals surface area contributed by atoms with Crippen LogP contribution >= 0.6 is 0 Å². The third-order valence-corrected chi connectivity index (χ3v) is 5.37. The maximum absolute atomic E-state index is 15.9. The highest BCUT2D eigenvalue weighted by atomic mass is 19.2. The van der Waals surface area contributed by atoms with Crippen LogP contribution < -0.4 is 24.8 Å². The minimum Gasteiger partial charge on any atom is -0.496 e. The predicted molar refractivity (Wildman–Crippen MR) is 132 cm³/mol. The zero-order valence-corrected chi connectivity index (χ0v) is 21.8. The van der Waals surface area contributed by atoms with Gasteiger partial charge in [-0.15, -0.1) is 0 Å². The lowest BCUT2D eigenvalue weighted by Crippen LogP contribution is -2.34. The summed E-state index contributed by atoms with van der Waals surface area (Å²) < 4.78 is 69.7. The first-order valence-corrected chi connectivity index (χ1v) is 11.6. The van der Waals surface area contributed by atoms with Gasteiger partial charge in [0.25, 0.3) is 0 Å². The van der Waals surface area contributed by atoms with Crippen molar-refractivity contribution in [1.29, 1.82) is 0 Å². The molecule has 0 atom stereocenters. The highest BCUT2D eigenvalue weighted by Gasteiger charge is 2.35. The molecule has 40 heavy (non-hydrogen) atoms. The molecule has 0 radical (unpaired) electrons. The number of primary amides is 1. The van der Waals surface area contributed by atoms with Crippen LogP contribution in [0.3, 0.4) is 0 Å². The summed E-state index contributed by atoms with van der Waals surface area (Å²) >= 11 is 0. The molecule has 0 bridgehead atoms. The Kier molecular flexibility index (Phi) is 9.42. The van der Waals surface area contributed by atoms with Crippen molar-refractivity contribution < 1.29 is 51.2 Å². The molecule has 2 amide bonds. The molecule has 3 rings (SSSR count). The molecular weight excluding hydrogens is 541 g/mol. The number of ether oxygens (including phenoxy) is 5. The second kappa shape index (κ2) is 12.7. The summed E-state index contributed by atoms with van der Waals surface area (Å²) in [5.41, 5.74) is 3.55. The second-order valence-corrected chi connectivity index (χ2v) is 7.67. The van der Waals surface area contributed by atoms with Crippen LogP contribution in [0.2, 0.25) is 0 Å². The smallest absolute Gasteiger partial charge is 0.357 e. The summed E-state index contributed by atoms with van der Waals surface area (Å²) in [6.45, 7) is 2.13. The number of esters is 2. The number of rotatable bonds is 11. The third-order valence-electron chi connectivity index (χ3n) is 5.37. The number of methoxy groups -OCH3 is 2. The first-order chi connectivity index (χ1) is 19.1. The van der Waals surface area contributed by atoms with Gasteiger partial charge in [0.2, 0.25) is 0 Å². The van der Waals surface area contributed by atoms with Crippen molar-refractivity contribution in [2.75, 3.05) is 32.3 Å². The minimum atomic E-state index is -1.32. The Morgan fingerprint density at radius 2 is 1.55 bits per heavy atom. The van der Waals surface area contributed by atoms with Crippen molar-refractivity contribution >= 4 is 29.5 Å². The van der Waals surface area contributed by atoms with Crippen LogP contribution in [0.4, 0.5) is 29.5 Å². The molecule has 0 saturated carbocycles. The largest absolute Gasteiger partial charge is 0.496 e. The first kappa shape index (κ1) is 29.6. The van der Waals surface area contributed by atoms with Crippen LogP contribution in [-0.2, 0) is 16.1 Å². The summed E-state index contributed by atoms with van der Waals surface area (Å²) in [5, 5.41) is 6.11. The van der Waals surface area contributed by atoms with Crippen molar-refractivity contribution in [3.63, 3.8) is 0 Å². The van der Waals surface area contributed by atoms with Crippen LogP contribution in [-0.4, -0.2) is 55.6 Å². The van der Waals surface area contributed by atoms with Gasteiger partial charge in [-0.2, -0.15) is 5.10 Å². The predicted octanol–water partition coefficient (Wildman–Crippen LogP) is 3.99. The Hall–Kier alpha value is -4.95. The van der Waals surface area contributed by atoms with E-state index in [-0.39, 0.29) is 30.3 Å². The number of carbonyl (C=O) groups is 3. The number of anilines is 2. The van der Waals surface area contributed by atoms with Gasteiger partial charge in [-0.3, -0.25) is 5.10 Å². The van der Waals surface area contributed by atoms with E-state index in [0.29, 0.717) is 4.90 Å². The summed E-state index contributed by atoms with van der Waals surface area (Å²) in [6, 6.07) is 2.93. The van der Waals surface area contributed by atoms with E-state index in [1.54, 1.807) is 0 Å². The fourth-order valence-electron chi connectivity index (χ4n) is 3.62. The number of halogens is 3. The molecule has 1 aromatic heterocycles. The molecule has 0 aliphatic carbocycles. The third kappa shape index (κ3) is 5.72. The van der Waals surface area contributed by atoms with E-state index in [1.165, 1.54) is 34.1 Å². The van der Waals surface area contributed by atoms with E-state index in [9.17, 15) is 23.2 Å². The molecule has 2 aromatic carbocycles. The van der Waals surface area contributed by atoms with Crippen LogP contribution in [0.5, 0.6) is 17.2 Å². The average Bonchev–Trinajstić information content (AvgIpc) is 3.36. The second-order valence-electron chi connectivity index (χ2n) is 7.67. The van der Waals surface area contributed by atoms with Gasteiger partial charge < -0.3 is 29.4 Å². The molecule has 214 valence electrons. The monoisotopic (exact) mass is 566 g/mol. The number of carbonyl (C=O) groups excluding carboxylic acids is 3. The summed E-state index contributed by atoms with van der Waals surface area (Å²) in [4.78, 5) is 38.3. The highest BCUT2D eigenvalue weighted by Crippen LogP contribution is 2.40. The fourth-order valence-corrected chi connectivity index (χ4v) is 3.62. The van der Waals surface area contributed by atoms with Gasteiger partial charge in [0.15, 0.2) is 40.5 Å². The van der Waals surface area contributed by atoms with Gasteiger partial charge in [0, 0.05) is 0 Å². The molecule has 1 heterocycles. The van der Waals surface area contributed by atoms with Crippen LogP contribution in [0.25, 0.3) is 0 Å². The summed E-state index contributed by atoms with van der Waals surface area (Å²) in [5.74, 6) is -7.30. The zero-order chi connectivity index (χ0) is 29.6. The molecule has 12 nitrogen and oxygen atoms in total. The van der Waals surface area contributed by atoms with Crippen LogP contribution in [0, 0.1) is 17.5 Å². The maximum atomic E-state index is 15.9. The fraction of sp³-hybridized carbons (Fsp3) is 0.280. The molecule has 0 spiro atoms. The maximum Gasteiger partial charge on any atom is 0.357 e. The van der Waals surface area contributed by atoms with E-state index < -0.39 is 70.5 Å². The quantitative estimate of drug-likeness (QED) is 0.328. The Bertz CT molecular complexity index is 1430. The number of hydrogen-bond acceptors (Lipinski definition) is 9.